The molecule has 0 radical (unpaired) electrons. The van der Waals surface area contributed by atoms with Gasteiger partial charge in [0.1, 0.15) is 12.1 Å². The van der Waals surface area contributed by atoms with Crippen molar-refractivity contribution in [3.63, 3.8) is 0 Å². The van der Waals surface area contributed by atoms with Gasteiger partial charge in [-0.1, -0.05) is 13.8 Å². The van der Waals surface area contributed by atoms with Crippen molar-refractivity contribution in [2.24, 2.45) is 7.05 Å². The first-order valence-corrected chi connectivity index (χ1v) is 6.77. The van der Waals surface area contributed by atoms with E-state index in [0.29, 0.717) is 0 Å². The van der Waals surface area contributed by atoms with E-state index in [1.807, 2.05) is 14.0 Å². The predicted octanol–water partition coefficient (Wildman–Crippen LogP) is 1.43. The van der Waals surface area contributed by atoms with Crippen molar-refractivity contribution in [3.05, 3.63) is 12.0 Å². The van der Waals surface area contributed by atoms with Crippen molar-refractivity contribution in [1.29, 1.82) is 0 Å². The zero-order chi connectivity index (χ0) is 13.8. The number of likely N-dealkylation sites (N-methyl/N-ethyl adjacent to an activating group) is 1. The minimum absolute atomic E-state index is 0.873. The van der Waals surface area contributed by atoms with Crippen LogP contribution in [-0.4, -0.2) is 50.8 Å². The van der Waals surface area contributed by atoms with Crippen LogP contribution < -0.4 is 5.32 Å². The van der Waals surface area contributed by atoms with Gasteiger partial charge in [0, 0.05) is 20.1 Å². The summed E-state index contributed by atoms with van der Waals surface area (Å²) in [6, 6.07) is 0. The van der Waals surface area contributed by atoms with Crippen LogP contribution in [0.2, 0.25) is 0 Å². The largest absolute Gasteiger partial charge is 0.368 e. The van der Waals surface area contributed by atoms with Gasteiger partial charge in [-0.3, -0.25) is 4.68 Å². The molecule has 0 spiro atoms. The molecule has 0 amide bonds. The summed E-state index contributed by atoms with van der Waals surface area (Å²) in [6.45, 7) is 10.4. The summed E-state index contributed by atoms with van der Waals surface area (Å²) < 4.78 is 1.79. The van der Waals surface area contributed by atoms with Crippen LogP contribution in [0.4, 0.5) is 5.82 Å². The van der Waals surface area contributed by atoms with Crippen LogP contribution in [0.15, 0.2) is 6.33 Å². The van der Waals surface area contributed by atoms with E-state index in [1.54, 1.807) is 11.0 Å². The molecule has 2 rings (SSSR count). The lowest BCUT2D eigenvalue weighted by Gasteiger charge is -2.18. The number of anilines is 1. The number of aromatic nitrogens is 4. The number of fused-ring (bicyclic) bond motifs is 1. The number of hydrogen-bond donors (Lipinski definition) is 1. The zero-order valence-electron chi connectivity index (χ0n) is 12.1. The van der Waals surface area contributed by atoms with Gasteiger partial charge in [-0.15, -0.1) is 0 Å². The summed E-state index contributed by atoms with van der Waals surface area (Å²) >= 11 is 0. The molecule has 0 saturated heterocycles. The topological polar surface area (TPSA) is 58.9 Å². The minimum atomic E-state index is 0.873. The molecule has 0 aliphatic rings. The second-order valence-corrected chi connectivity index (χ2v) is 4.58. The number of aryl methyl sites for hydroxylation is 2. The standard InChI is InChI=1S/C13H22N6/c1-5-19(6-2)8-7-14-12-11-10(3)17-18(4)13(11)16-9-15-12/h9H,5-8H2,1-4H3,(H,14,15,16). The van der Waals surface area contributed by atoms with Crippen LogP contribution in [0.5, 0.6) is 0 Å². The lowest BCUT2D eigenvalue weighted by molar-refractivity contribution is 0.316. The molecule has 0 saturated carbocycles. The van der Waals surface area contributed by atoms with E-state index in [-0.39, 0.29) is 0 Å². The van der Waals surface area contributed by atoms with E-state index in [9.17, 15) is 0 Å². The van der Waals surface area contributed by atoms with Gasteiger partial charge in [-0.25, -0.2) is 9.97 Å². The third-order valence-electron chi connectivity index (χ3n) is 3.41. The number of hydrogen-bond acceptors (Lipinski definition) is 5. The first kappa shape index (κ1) is 13.7. The van der Waals surface area contributed by atoms with Gasteiger partial charge in [0.15, 0.2) is 5.65 Å². The third-order valence-corrected chi connectivity index (χ3v) is 3.41. The monoisotopic (exact) mass is 262 g/mol. The maximum Gasteiger partial charge on any atom is 0.163 e. The Kier molecular flexibility index (Phi) is 4.31. The average Bonchev–Trinajstić information content (AvgIpc) is 2.71. The van der Waals surface area contributed by atoms with Crippen molar-refractivity contribution < 1.29 is 0 Å². The van der Waals surface area contributed by atoms with Crippen LogP contribution >= 0.6 is 0 Å². The molecule has 6 heteroatoms. The SMILES string of the molecule is CCN(CC)CCNc1ncnc2c1c(C)nn2C. The highest BCUT2D eigenvalue weighted by Crippen LogP contribution is 2.21. The summed E-state index contributed by atoms with van der Waals surface area (Å²) in [4.78, 5) is 11.0. The van der Waals surface area contributed by atoms with Crippen LogP contribution in [0.25, 0.3) is 11.0 Å². The second-order valence-electron chi connectivity index (χ2n) is 4.58. The van der Waals surface area contributed by atoms with Crippen molar-refractivity contribution >= 4 is 16.9 Å². The normalized spacial score (nSPS) is 11.4. The molecule has 1 N–H and O–H groups in total. The molecular weight excluding hydrogens is 240 g/mol. The van der Waals surface area contributed by atoms with E-state index < -0.39 is 0 Å². The number of nitrogens with one attached hydrogen (secondary N) is 1. The average molecular weight is 262 g/mol. The summed E-state index contributed by atoms with van der Waals surface area (Å²) in [5.74, 6) is 0.878. The summed E-state index contributed by atoms with van der Waals surface area (Å²) in [5, 5.41) is 8.80. The van der Waals surface area contributed by atoms with Crippen LogP contribution in [0.3, 0.4) is 0 Å². The molecule has 2 aromatic rings. The minimum Gasteiger partial charge on any atom is -0.368 e. The molecule has 19 heavy (non-hydrogen) atoms. The summed E-state index contributed by atoms with van der Waals surface area (Å²) in [6.07, 6.45) is 1.59. The Labute approximate surface area is 113 Å². The van der Waals surface area contributed by atoms with Gasteiger partial charge in [-0.05, 0) is 20.0 Å². The first-order chi connectivity index (χ1) is 9.17. The molecule has 0 atom stereocenters. The first-order valence-electron chi connectivity index (χ1n) is 6.77. The Balaban J connectivity index is 2.13. The molecule has 0 fully saturated rings. The lowest BCUT2D eigenvalue weighted by atomic mass is 10.3. The molecule has 6 nitrogen and oxygen atoms in total. The van der Waals surface area contributed by atoms with Crippen molar-refractivity contribution in [2.75, 3.05) is 31.5 Å². The molecule has 0 aromatic carbocycles. The predicted molar refractivity (Wildman–Crippen MR) is 77.3 cm³/mol. The Morgan fingerprint density at radius 2 is 2.00 bits per heavy atom. The number of nitrogens with zero attached hydrogens (tertiary/aromatic N) is 5. The van der Waals surface area contributed by atoms with Crippen LogP contribution in [0.1, 0.15) is 19.5 Å². The summed E-state index contributed by atoms with van der Waals surface area (Å²) in [7, 11) is 1.90. The van der Waals surface area contributed by atoms with E-state index in [1.165, 1.54) is 0 Å². The lowest BCUT2D eigenvalue weighted by Crippen LogP contribution is -2.28. The third kappa shape index (κ3) is 2.84. The molecule has 104 valence electrons. The highest BCUT2D eigenvalue weighted by Gasteiger charge is 2.11. The van der Waals surface area contributed by atoms with E-state index in [2.05, 4.69) is 39.1 Å². The van der Waals surface area contributed by atoms with E-state index >= 15 is 0 Å². The van der Waals surface area contributed by atoms with Crippen molar-refractivity contribution in [2.45, 2.75) is 20.8 Å². The molecular formula is C13H22N6. The molecule has 2 aromatic heterocycles. The Morgan fingerprint density at radius 1 is 1.26 bits per heavy atom. The second kappa shape index (κ2) is 5.97. The number of rotatable bonds is 6. The van der Waals surface area contributed by atoms with Gasteiger partial charge < -0.3 is 10.2 Å². The molecule has 0 bridgehead atoms. The molecule has 2 heterocycles. The smallest absolute Gasteiger partial charge is 0.163 e. The maximum absolute atomic E-state index is 4.39. The molecule has 0 unspecified atom stereocenters. The van der Waals surface area contributed by atoms with Gasteiger partial charge >= 0.3 is 0 Å². The van der Waals surface area contributed by atoms with E-state index in [4.69, 9.17) is 0 Å². The van der Waals surface area contributed by atoms with Crippen LogP contribution in [-0.2, 0) is 7.05 Å². The highest BCUT2D eigenvalue weighted by atomic mass is 15.3. The highest BCUT2D eigenvalue weighted by molar-refractivity contribution is 5.88. The Hall–Kier alpha value is -1.69. The van der Waals surface area contributed by atoms with Crippen LogP contribution in [0, 0.1) is 6.92 Å². The Bertz CT molecular complexity index is 543. The van der Waals surface area contributed by atoms with Gasteiger partial charge in [0.2, 0.25) is 0 Å². The fraction of sp³-hybridized carbons (Fsp3) is 0.615. The van der Waals surface area contributed by atoms with Gasteiger partial charge in [-0.2, -0.15) is 5.10 Å². The fourth-order valence-corrected chi connectivity index (χ4v) is 2.28. The van der Waals surface area contributed by atoms with Gasteiger partial charge in [0.05, 0.1) is 11.1 Å². The molecule has 0 aliphatic heterocycles. The van der Waals surface area contributed by atoms with Gasteiger partial charge in [0.25, 0.3) is 0 Å². The maximum atomic E-state index is 4.39. The molecule has 0 aliphatic carbocycles. The summed E-state index contributed by atoms with van der Waals surface area (Å²) in [5.41, 5.74) is 1.83. The van der Waals surface area contributed by atoms with E-state index in [0.717, 1.165) is 48.7 Å². The van der Waals surface area contributed by atoms with Crippen molar-refractivity contribution in [1.82, 2.24) is 24.6 Å². The van der Waals surface area contributed by atoms with Crippen molar-refractivity contribution in [3.8, 4) is 0 Å². The quantitative estimate of drug-likeness (QED) is 0.853. The Morgan fingerprint density at radius 3 is 2.68 bits per heavy atom. The zero-order valence-corrected chi connectivity index (χ0v) is 12.1. The fourth-order valence-electron chi connectivity index (χ4n) is 2.28.